The summed E-state index contributed by atoms with van der Waals surface area (Å²) >= 11 is 6.02. The highest BCUT2D eigenvalue weighted by molar-refractivity contribution is 7.92. The van der Waals surface area contributed by atoms with Crippen LogP contribution in [0, 0.1) is 6.92 Å². The first-order chi connectivity index (χ1) is 19.7. The zero-order valence-corrected chi connectivity index (χ0v) is 25.2. The van der Waals surface area contributed by atoms with Gasteiger partial charge in [0.1, 0.15) is 12.6 Å². The number of benzene rings is 3. The van der Waals surface area contributed by atoms with Crippen LogP contribution in [0.2, 0.25) is 5.02 Å². The second kappa shape index (κ2) is 14.0. The highest BCUT2D eigenvalue weighted by Gasteiger charge is 2.34. The van der Waals surface area contributed by atoms with Gasteiger partial charge in [-0.05, 0) is 74.6 Å². The van der Waals surface area contributed by atoms with Gasteiger partial charge in [-0.3, -0.25) is 13.9 Å². The quantitative estimate of drug-likeness (QED) is 0.289. The van der Waals surface area contributed by atoms with Crippen molar-refractivity contribution in [3.63, 3.8) is 0 Å². The molecule has 0 radical (unpaired) electrons. The van der Waals surface area contributed by atoms with Gasteiger partial charge in [-0.25, -0.2) is 8.42 Å². The topological polar surface area (TPSA) is 86.8 Å². The van der Waals surface area contributed by atoms with Crippen LogP contribution in [0.15, 0.2) is 83.8 Å². The average molecular weight is 596 g/mol. The van der Waals surface area contributed by atoms with Crippen LogP contribution in [-0.4, -0.2) is 50.3 Å². The first-order valence-electron chi connectivity index (χ1n) is 14.2. The maximum Gasteiger partial charge on any atom is 0.264 e. The lowest BCUT2D eigenvalue weighted by Crippen LogP contribution is -2.54. The van der Waals surface area contributed by atoms with Crippen molar-refractivity contribution in [2.45, 2.75) is 69.4 Å². The van der Waals surface area contributed by atoms with E-state index in [1.807, 2.05) is 44.2 Å². The predicted octanol–water partition coefficient (Wildman–Crippen LogP) is 5.75. The third kappa shape index (κ3) is 7.89. The van der Waals surface area contributed by atoms with E-state index in [1.165, 1.54) is 24.3 Å². The number of carbonyl (C=O) groups excluding carboxylic acids is 2. The van der Waals surface area contributed by atoms with Gasteiger partial charge >= 0.3 is 0 Å². The van der Waals surface area contributed by atoms with Crippen molar-refractivity contribution in [1.29, 1.82) is 0 Å². The number of rotatable bonds is 12. The summed E-state index contributed by atoms with van der Waals surface area (Å²) in [5.41, 5.74) is 2.36. The lowest BCUT2D eigenvalue weighted by molar-refractivity contribution is -0.139. The van der Waals surface area contributed by atoms with Crippen molar-refractivity contribution in [3.8, 4) is 0 Å². The Balaban J connectivity index is 1.66. The molecule has 9 heteroatoms. The van der Waals surface area contributed by atoms with Gasteiger partial charge < -0.3 is 10.2 Å². The van der Waals surface area contributed by atoms with Crippen molar-refractivity contribution in [2.75, 3.05) is 17.4 Å². The van der Waals surface area contributed by atoms with E-state index >= 15 is 0 Å². The van der Waals surface area contributed by atoms with Gasteiger partial charge in [0, 0.05) is 17.6 Å². The Bertz CT molecular complexity index is 1410. The Hall–Kier alpha value is -3.36. The normalized spacial score (nSPS) is 14.4. The van der Waals surface area contributed by atoms with Crippen molar-refractivity contribution in [1.82, 2.24) is 10.2 Å². The molecule has 0 bridgehead atoms. The molecule has 0 heterocycles. The number of nitrogens with zero attached hydrogens (tertiary/aromatic N) is 2. The van der Waals surface area contributed by atoms with Crippen LogP contribution in [0.25, 0.3) is 0 Å². The van der Waals surface area contributed by atoms with E-state index in [1.54, 1.807) is 29.2 Å². The molecular formula is C32H38ClN3O4S. The number of sulfonamides is 1. The van der Waals surface area contributed by atoms with E-state index in [0.717, 1.165) is 41.1 Å². The summed E-state index contributed by atoms with van der Waals surface area (Å²) in [6.07, 6.45) is 4.96. The Morgan fingerprint density at radius 2 is 1.59 bits per heavy atom. The van der Waals surface area contributed by atoms with Crippen LogP contribution in [0.3, 0.4) is 0 Å². The molecule has 0 aliphatic heterocycles. The minimum atomic E-state index is -4.12. The summed E-state index contributed by atoms with van der Waals surface area (Å²) in [5.74, 6) is -0.629. The number of carbonyl (C=O) groups is 2. The molecule has 2 amide bonds. The standard InChI is InChI=1S/C32H38ClN3O4S/c1-3-30(32(38)34-27-11-7-8-12-27)35(22-21-25-9-5-4-6-10-25)31(37)23-36(28-17-13-24(2)14-18-28)41(39,40)29-19-15-26(33)16-20-29/h4-6,9-10,13-20,27,30H,3,7-8,11-12,21-23H2,1-2H3,(H,34,38)/t30-/m1/s1. The van der Waals surface area contributed by atoms with Gasteiger partial charge in [0.25, 0.3) is 10.0 Å². The molecule has 3 aromatic carbocycles. The van der Waals surface area contributed by atoms with E-state index in [0.29, 0.717) is 23.6 Å². The molecule has 4 rings (SSSR count). The van der Waals surface area contributed by atoms with Crippen molar-refractivity contribution < 1.29 is 18.0 Å². The van der Waals surface area contributed by atoms with Crippen LogP contribution in [-0.2, 0) is 26.0 Å². The molecule has 0 spiro atoms. The molecule has 1 saturated carbocycles. The average Bonchev–Trinajstić information content (AvgIpc) is 3.48. The fourth-order valence-corrected chi connectivity index (χ4v) is 6.78. The van der Waals surface area contributed by atoms with Gasteiger partial charge in [-0.15, -0.1) is 0 Å². The Morgan fingerprint density at radius 3 is 2.20 bits per heavy atom. The fourth-order valence-electron chi connectivity index (χ4n) is 5.24. The monoisotopic (exact) mass is 595 g/mol. The molecule has 0 saturated heterocycles. The highest BCUT2D eigenvalue weighted by Crippen LogP contribution is 2.26. The van der Waals surface area contributed by atoms with Gasteiger partial charge in [-0.2, -0.15) is 0 Å². The van der Waals surface area contributed by atoms with E-state index < -0.39 is 28.5 Å². The molecule has 7 nitrogen and oxygen atoms in total. The van der Waals surface area contributed by atoms with Crippen molar-refractivity contribution in [2.24, 2.45) is 0 Å². The number of anilines is 1. The number of hydrogen-bond acceptors (Lipinski definition) is 4. The molecule has 0 aromatic heterocycles. The number of aryl methyl sites for hydroxylation is 1. The summed E-state index contributed by atoms with van der Waals surface area (Å²) in [7, 11) is -4.12. The Kier molecular flexibility index (Phi) is 10.5. The number of hydrogen-bond donors (Lipinski definition) is 1. The SMILES string of the molecule is CC[C@H](C(=O)NC1CCCC1)N(CCc1ccccc1)C(=O)CN(c1ccc(C)cc1)S(=O)(=O)c1ccc(Cl)cc1. The second-order valence-corrected chi connectivity index (χ2v) is 12.8. The van der Waals surface area contributed by atoms with Crippen LogP contribution in [0.5, 0.6) is 0 Å². The molecule has 1 N–H and O–H groups in total. The fraction of sp³-hybridized carbons (Fsp3) is 0.375. The van der Waals surface area contributed by atoms with Gasteiger partial charge in [0.2, 0.25) is 11.8 Å². The van der Waals surface area contributed by atoms with Crippen molar-refractivity contribution >= 4 is 39.1 Å². The van der Waals surface area contributed by atoms with E-state index in [-0.39, 0.29) is 23.4 Å². The van der Waals surface area contributed by atoms with E-state index in [2.05, 4.69) is 5.32 Å². The summed E-state index contributed by atoms with van der Waals surface area (Å²) in [6, 6.07) is 22.0. The molecule has 218 valence electrons. The summed E-state index contributed by atoms with van der Waals surface area (Å²) < 4.78 is 28.9. The molecule has 41 heavy (non-hydrogen) atoms. The van der Waals surface area contributed by atoms with E-state index in [9.17, 15) is 18.0 Å². The first-order valence-corrected chi connectivity index (χ1v) is 16.0. The molecular weight excluding hydrogens is 558 g/mol. The molecule has 3 aromatic rings. The third-order valence-corrected chi connectivity index (χ3v) is 9.61. The maximum absolute atomic E-state index is 14.1. The Labute approximate surface area is 248 Å². The molecule has 1 aliphatic rings. The molecule has 1 fully saturated rings. The number of amides is 2. The summed E-state index contributed by atoms with van der Waals surface area (Å²) in [6.45, 7) is 3.62. The minimum Gasteiger partial charge on any atom is -0.352 e. The zero-order chi connectivity index (χ0) is 29.4. The minimum absolute atomic E-state index is 0.0251. The molecule has 1 aliphatic carbocycles. The second-order valence-electron chi connectivity index (χ2n) is 10.5. The zero-order valence-electron chi connectivity index (χ0n) is 23.6. The predicted molar refractivity (Wildman–Crippen MR) is 163 cm³/mol. The van der Waals surface area contributed by atoms with Gasteiger partial charge in [-0.1, -0.05) is 79.4 Å². The lowest BCUT2D eigenvalue weighted by atomic mass is 10.1. The van der Waals surface area contributed by atoms with Crippen LogP contribution < -0.4 is 9.62 Å². The first kappa shape index (κ1) is 30.6. The van der Waals surface area contributed by atoms with Crippen LogP contribution in [0.1, 0.15) is 50.2 Å². The highest BCUT2D eigenvalue weighted by atomic mass is 35.5. The number of halogens is 1. The molecule has 1 atom stereocenters. The third-order valence-electron chi connectivity index (χ3n) is 7.57. The number of nitrogens with one attached hydrogen (secondary N) is 1. The largest absolute Gasteiger partial charge is 0.352 e. The Morgan fingerprint density at radius 1 is 0.951 bits per heavy atom. The van der Waals surface area contributed by atoms with Crippen LogP contribution >= 0.6 is 11.6 Å². The van der Waals surface area contributed by atoms with Gasteiger partial charge in [0.15, 0.2) is 0 Å². The summed E-state index contributed by atoms with van der Waals surface area (Å²) in [5, 5.41) is 3.55. The summed E-state index contributed by atoms with van der Waals surface area (Å²) in [4.78, 5) is 29.2. The smallest absolute Gasteiger partial charge is 0.264 e. The molecule has 0 unspecified atom stereocenters. The van der Waals surface area contributed by atoms with E-state index in [4.69, 9.17) is 11.6 Å². The lowest BCUT2D eigenvalue weighted by Gasteiger charge is -2.33. The maximum atomic E-state index is 14.1. The van der Waals surface area contributed by atoms with Crippen LogP contribution in [0.4, 0.5) is 5.69 Å². The van der Waals surface area contributed by atoms with Crippen molar-refractivity contribution in [3.05, 3.63) is 95.0 Å². The van der Waals surface area contributed by atoms with Gasteiger partial charge in [0.05, 0.1) is 10.6 Å².